The highest BCUT2D eigenvalue weighted by Crippen LogP contribution is 2.25. The fraction of sp³-hybridized carbons (Fsp3) is 0.400. The Morgan fingerprint density at radius 3 is 3.08 bits per heavy atom. The molecule has 130 valence electrons. The molecule has 4 nitrogen and oxygen atoms in total. The lowest BCUT2D eigenvalue weighted by Crippen LogP contribution is -2.44. The second kappa shape index (κ2) is 7.00. The van der Waals surface area contributed by atoms with E-state index in [-0.39, 0.29) is 5.91 Å². The average molecular weight is 353 g/mol. The van der Waals surface area contributed by atoms with E-state index >= 15 is 0 Å². The Morgan fingerprint density at radius 2 is 2.24 bits per heavy atom. The van der Waals surface area contributed by atoms with E-state index in [0.29, 0.717) is 6.04 Å². The van der Waals surface area contributed by atoms with Gasteiger partial charge >= 0.3 is 0 Å². The second-order valence-electron chi connectivity index (χ2n) is 6.83. The summed E-state index contributed by atoms with van der Waals surface area (Å²) in [7, 11) is 1.97. The van der Waals surface area contributed by atoms with Gasteiger partial charge in [0.25, 0.3) is 5.91 Å². The number of carbonyl (C=O) groups is 1. The van der Waals surface area contributed by atoms with Gasteiger partial charge in [-0.3, -0.25) is 4.79 Å². The van der Waals surface area contributed by atoms with Gasteiger partial charge in [-0.2, -0.15) is 0 Å². The molecular formula is C20H23N3OS. The molecule has 3 heterocycles. The first-order valence-corrected chi connectivity index (χ1v) is 9.85. The minimum absolute atomic E-state index is 0.156. The number of benzene rings is 1. The molecule has 3 aromatic rings. The number of thiophene rings is 1. The molecule has 1 aliphatic rings. The number of likely N-dealkylation sites (tertiary alicyclic amines) is 1. The third-order valence-corrected chi connectivity index (χ3v) is 6.10. The molecule has 0 bridgehead atoms. The largest absolute Gasteiger partial charge is 0.336 e. The van der Waals surface area contributed by atoms with Crippen molar-refractivity contribution in [2.24, 2.45) is 7.05 Å². The second-order valence-corrected chi connectivity index (χ2v) is 7.86. The van der Waals surface area contributed by atoms with Gasteiger partial charge in [-0.15, -0.1) is 11.3 Å². The van der Waals surface area contributed by atoms with Gasteiger partial charge in [0.05, 0.1) is 17.4 Å². The van der Waals surface area contributed by atoms with Crippen molar-refractivity contribution in [3.63, 3.8) is 0 Å². The van der Waals surface area contributed by atoms with Crippen LogP contribution in [-0.2, 0) is 13.5 Å². The third-order valence-electron chi connectivity index (χ3n) is 5.16. The standard InChI is InChI=1S/C20H23N3OS/c1-22-14-21-18-13-15(7-10-19(18)22)20(24)23-11-3-2-5-16(23)8-9-17-6-4-12-25-17/h4,6-7,10,12-14,16H,2-3,5,8-9,11H2,1H3. The Bertz CT molecular complexity index is 868. The minimum Gasteiger partial charge on any atom is -0.336 e. The monoisotopic (exact) mass is 353 g/mol. The van der Waals surface area contributed by atoms with E-state index in [1.54, 1.807) is 6.33 Å². The van der Waals surface area contributed by atoms with Crippen LogP contribution < -0.4 is 0 Å². The lowest BCUT2D eigenvalue weighted by molar-refractivity contribution is 0.0602. The first kappa shape index (κ1) is 16.3. The molecule has 0 radical (unpaired) electrons. The molecule has 4 rings (SSSR count). The summed E-state index contributed by atoms with van der Waals surface area (Å²) in [4.78, 5) is 21.0. The van der Waals surface area contributed by atoms with Crippen molar-refractivity contribution in [1.82, 2.24) is 14.5 Å². The maximum Gasteiger partial charge on any atom is 0.254 e. The summed E-state index contributed by atoms with van der Waals surface area (Å²) in [5.41, 5.74) is 2.71. The van der Waals surface area contributed by atoms with Crippen molar-refractivity contribution in [1.29, 1.82) is 0 Å². The van der Waals surface area contributed by atoms with Crippen LogP contribution in [0.2, 0.25) is 0 Å². The van der Waals surface area contributed by atoms with E-state index in [0.717, 1.165) is 48.8 Å². The number of hydrogen-bond acceptors (Lipinski definition) is 3. The topological polar surface area (TPSA) is 38.1 Å². The fourth-order valence-corrected chi connectivity index (χ4v) is 4.49. The molecule has 1 aromatic carbocycles. The summed E-state index contributed by atoms with van der Waals surface area (Å²) < 4.78 is 1.98. The van der Waals surface area contributed by atoms with Crippen molar-refractivity contribution >= 4 is 28.3 Å². The molecule has 0 saturated carbocycles. The zero-order valence-corrected chi connectivity index (χ0v) is 15.3. The van der Waals surface area contributed by atoms with Crippen LogP contribution in [0.5, 0.6) is 0 Å². The zero-order valence-electron chi connectivity index (χ0n) is 14.5. The molecule has 5 heteroatoms. The van der Waals surface area contributed by atoms with E-state index in [1.165, 1.54) is 11.3 Å². The number of carbonyl (C=O) groups excluding carboxylic acids is 1. The maximum absolute atomic E-state index is 13.1. The van der Waals surface area contributed by atoms with Gasteiger partial charge in [-0.25, -0.2) is 4.98 Å². The molecule has 0 aliphatic carbocycles. The molecule has 0 spiro atoms. The van der Waals surface area contributed by atoms with Crippen LogP contribution in [0.15, 0.2) is 42.0 Å². The molecule has 1 amide bonds. The normalized spacial score (nSPS) is 18.0. The van der Waals surface area contributed by atoms with Crippen molar-refractivity contribution in [3.8, 4) is 0 Å². The minimum atomic E-state index is 0.156. The van der Waals surface area contributed by atoms with Gasteiger partial charge < -0.3 is 9.47 Å². The van der Waals surface area contributed by atoms with Crippen LogP contribution in [0, 0.1) is 0 Å². The van der Waals surface area contributed by atoms with Crippen molar-refractivity contribution in [2.45, 2.75) is 38.1 Å². The Kier molecular flexibility index (Phi) is 4.57. The highest BCUT2D eigenvalue weighted by Gasteiger charge is 2.27. The number of fused-ring (bicyclic) bond motifs is 1. The summed E-state index contributed by atoms with van der Waals surface area (Å²) in [5, 5.41) is 2.13. The first-order valence-electron chi connectivity index (χ1n) is 8.97. The summed E-state index contributed by atoms with van der Waals surface area (Å²) in [6.07, 6.45) is 7.35. The van der Waals surface area contributed by atoms with Crippen LogP contribution in [0.3, 0.4) is 0 Å². The van der Waals surface area contributed by atoms with Crippen LogP contribution >= 0.6 is 11.3 Å². The molecule has 25 heavy (non-hydrogen) atoms. The summed E-state index contributed by atoms with van der Waals surface area (Å²) in [6, 6.07) is 10.5. The van der Waals surface area contributed by atoms with Gasteiger partial charge in [0.1, 0.15) is 0 Å². The Hall–Kier alpha value is -2.14. The van der Waals surface area contributed by atoms with E-state index in [2.05, 4.69) is 27.4 Å². The highest BCUT2D eigenvalue weighted by atomic mass is 32.1. The van der Waals surface area contributed by atoms with Gasteiger partial charge in [-0.05, 0) is 61.7 Å². The summed E-state index contributed by atoms with van der Waals surface area (Å²) in [5.74, 6) is 0.156. The summed E-state index contributed by atoms with van der Waals surface area (Å²) >= 11 is 1.81. The van der Waals surface area contributed by atoms with Gasteiger partial charge in [-0.1, -0.05) is 6.07 Å². The molecule has 1 unspecified atom stereocenters. The number of nitrogens with zero attached hydrogens (tertiary/aromatic N) is 3. The van der Waals surface area contributed by atoms with E-state index in [1.807, 2.05) is 41.2 Å². The number of piperidine rings is 1. The predicted molar refractivity (Wildman–Crippen MR) is 102 cm³/mol. The van der Waals surface area contributed by atoms with Crippen LogP contribution in [0.1, 0.15) is 40.9 Å². The van der Waals surface area contributed by atoms with Gasteiger partial charge in [0, 0.05) is 30.1 Å². The molecule has 2 aromatic heterocycles. The van der Waals surface area contributed by atoms with E-state index < -0.39 is 0 Å². The molecule has 1 fully saturated rings. The van der Waals surface area contributed by atoms with Crippen LogP contribution in [0.25, 0.3) is 11.0 Å². The van der Waals surface area contributed by atoms with Gasteiger partial charge in [0.2, 0.25) is 0 Å². The fourth-order valence-electron chi connectivity index (χ4n) is 3.77. The maximum atomic E-state index is 13.1. The molecular weight excluding hydrogens is 330 g/mol. The third kappa shape index (κ3) is 3.33. The van der Waals surface area contributed by atoms with Crippen LogP contribution in [-0.4, -0.2) is 32.9 Å². The van der Waals surface area contributed by atoms with Crippen molar-refractivity contribution in [2.75, 3.05) is 6.54 Å². The number of imidazole rings is 1. The smallest absolute Gasteiger partial charge is 0.254 e. The number of aryl methyl sites for hydroxylation is 2. The lowest BCUT2D eigenvalue weighted by Gasteiger charge is -2.36. The number of rotatable bonds is 4. The Labute approximate surface area is 152 Å². The number of amides is 1. The van der Waals surface area contributed by atoms with Crippen molar-refractivity contribution in [3.05, 3.63) is 52.5 Å². The zero-order chi connectivity index (χ0) is 17.2. The molecule has 0 N–H and O–H groups in total. The van der Waals surface area contributed by atoms with Crippen molar-refractivity contribution < 1.29 is 4.79 Å². The SMILES string of the molecule is Cn1cnc2cc(C(=O)N3CCCCC3CCc3cccs3)ccc21. The number of aromatic nitrogens is 2. The Balaban J connectivity index is 1.52. The van der Waals surface area contributed by atoms with Gasteiger partial charge in [0.15, 0.2) is 0 Å². The molecule has 1 atom stereocenters. The Morgan fingerprint density at radius 1 is 1.32 bits per heavy atom. The summed E-state index contributed by atoms with van der Waals surface area (Å²) in [6.45, 7) is 0.869. The quantitative estimate of drug-likeness (QED) is 0.703. The first-order chi connectivity index (χ1) is 12.2. The number of hydrogen-bond donors (Lipinski definition) is 0. The van der Waals surface area contributed by atoms with Crippen LogP contribution in [0.4, 0.5) is 0 Å². The molecule has 1 saturated heterocycles. The average Bonchev–Trinajstić information content (AvgIpc) is 3.29. The highest BCUT2D eigenvalue weighted by molar-refractivity contribution is 7.09. The lowest BCUT2D eigenvalue weighted by atomic mass is 9.96. The predicted octanol–water partition coefficient (Wildman–Crippen LogP) is 4.26. The molecule has 1 aliphatic heterocycles. The van der Waals surface area contributed by atoms with E-state index in [4.69, 9.17) is 0 Å². The van der Waals surface area contributed by atoms with E-state index in [9.17, 15) is 4.79 Å².